The number of fused-ring (bicyclic) bond motifs is 5. The van der Waals surface area contributed by atoms with Gasteiger partial charge in [0.05, 0.1) is 33.8 Å². The Bertz CT molecular complexity index is 1140. The van der Waals surface area contributed by atoms with E-state index < -0.39 is 18.5 Å². The first-order valence-electron chi connectivity index (χ1n) is 10.7. The summed E-state index contributed by atoms with van der Waals surface area (Å²) in [5.74, 6) is -1.31. The summed E-state index contributed by atoms with van der Waals surface area (Å²) in [6.07, 6.45) is 3.01. The summed E-state index contributed by atoms with van der Waals surface area (Å²) < 4.78 is 5.06. The fourth-order valence-corrected chi connectivity index (χ4v) is 5.86. The SMILES string of the molecule is O=C(COC(=O)c1ccc(N2C(=O)[C@@H]3[C@H]4CC[C@@H](C4)[C@@H]3C2=O)cc1)Nc1ccc(Cl)cc1Cl. The number of esters is 1. The first-order chi connectivity index (χ1) is 15.8. The van der Waals surface area contributed by atoms with Crippen LogP contribution < -0.4 is 10.2 Å². The predicted octanol–water partition coefficient (Wildman–Crippen LogP) is 4.32. The van der Waals surface area contributed by atoms with E-state index in [4.69, 9.17) is 27.9 Å². The molecule has 170 valence electrons. The Morgan fingerprint density at radius 2 is 1.61 bits per heavy atom. The molecule has 2 aromatic carbocycles. The van der Waals surface area contributed by atoms with Crippen molar-refractivity contribution in [1.82, 2.24) is 0 Å². The average Bonchev–Trinajstić information content (AvgIpc) is 3.48. The van der Waals surface area contributed by atoms with E-state index in [1.54, 1.807) is 24.3 Å². The number of halogens is 2. The number of benzene rings is 2. The minimum Gasteiger partial charge on any atom is -0.452 e. The predicted molar refractivity (Wildman–Crippen MR) is 122 cm³/mol. The van der Waals surface area contributed by atoms with E-state index in [-0.39, 0.29) is 34.2 Å². The number of hydrogen-bond acceptors (Lipinski definition) is 5. The molecule has 1 N–H and O–H groups in total. The molecule has 1 heterocycles. The normalized spacial score (nSPS) is 25.3. The number of carbonyl (C=O) groups is 4. The summed E-state index contributed by atoms with van der Waals surface area (Å²) >= 11 is 11.8. The quantitative estimate of drug-likeness (QED) is 0.501. The monoisotopic (exact) mass is 486 g/mol. The fraction of sp³-hybridized carbons (Fsp3) is 0.333. The van der Waals surface area contributed by atoms with Gasteiger partial charge in [-0.15, -0.1) is 0 Å². The highest BCUT2D eigenvalue weighted by Crippen LogP contribution is 2.56. The Labute approximate surface area is 200 Å². The maximum atomic E-state index is 12.9. The maximum Gasteiger partial charge on any atom is 0.338 e. The van der Waals surface area contributed by atoms with Gasteiger partial charge in [-0.05, 0) is 73.6 Å². The third-order valence-corrected chi connectivity index (χ3v) is 7.38. The molecule has 3 fully saturated rings. The number of anilines is 2. The number of amides is 3. The second kappa shape index (κ2) is 8.47. The second-order valence-corrected chi connectivity index (χ2v) is 9.54. The van der Waals surface area contributed by atoms with Crippen LogP contribution in [0, 0.1) is 23.7 Å². The maximum absolute atomic E-state index is 12.9. The molecule has 2 saturated carbocycles. The van der Waals surface area contributed by atoms with Gasteiger partial charge in [0.1, 0.15) is 0 Å². The number of hydrogen-bond donors (Lipinski definition) is 1. The standard InChI is InChI=1S/C24H20Cl2N2O5/c25-15-5-8-18(17(26)10-15)27-19(29)11-33-24(32)12-3-6-16(7-4-12)28-22(30)20-13-1-2-14(9-13)21(20)23(28)31/h3-8,10,13-14,20-21H,1-2,9,11H2,(H,27,29)/t13-,14-,20-,21+/m0/s1. The molecule has 33 heavy (non-hydrogen) atoms. The van der Waals surface area contributed by atoms with E-state index in [9.17, 15) is 19.2 Å². The van der Waals surface area contributed by atoms with Crippen LogP contribution in [0.2, 0.25) is 10.0 Å². The minimum atomic E-state index is -0.701. The number of carbonyl (C=O) groups excluding carboxylic acids is 4. The van der Waals surface area contributed by atoms with Crippen molar-refractivity contribution < 1.29 is 23.9 Å². The zero-order valence-electron chi connectivity index (χ0n) is 17.4. The highest BCUT2D eigenvalue weighted by atomic mass is 35.5. The first-order valence-corrected chi connectivity index (χ1v) is 11.5. The van der Waals surface area contributed by atoms with Crippen LogP contribution in [0.5, 0.6) is 0 Å². The lowest BCUT2D eigenvalue weighted by molar-refractivity contribution is -0.123. The largest absolute Gasteiger partial charge is 0.452 e. The van der Waals surface area contributed by atoms with Crippen molar-refractivity contribution in [3.8, 4) is 0 Å². The van der Waals surface area contributed by atoms with Crippen LogP contribution in [-0.4, -0.2) is 30.3 Å². The molecule has 0 aromatic heterocycles. The van der Waals surface area contributed by atoms with Gasteiger partial charge >= 0.3 is 5.97 Å². The lowest BCUT2D eigenvalue weighted by Gasteiger charge is -2.19. The van der Waals surface area contributed by atoms with Gasteiger partial charge in [0.15, 0.2) is 6.61 Å². The number of imide groups is 1. The van der Waals surface area contributed by atoms with Gasteiger partial charge in [0, 0.05) is 5.02 Å². The fourth-order valence-electron chi connectivity index (χ4n) is 5.40. The summed E-state index contributed by atoms with van der Waals surface area (Å²) in [5.41, 5.74) is 1.01. The van der Waals surface area contributed by atoms with Gasteiger partial charge < -0.3 is 10.1 Å². The number of rotatable bonds is 5. The van der Waals surface area contributed by atoms with E-state index in [2.05, 4.69) is 5.32 Å². The minimum absolute atomic E-state index is 0.134. The van der Waals surface area contributed by atoms with Crippen molar-refractivity contribution in [2.45, 2.75) is 19.3 Å². The highest BCUT2D eigenvalue weighted by molar-refractivity contribution is 6.36. The second-order valence-electron chi connectivity index (χ2n) is 8.69. The van der Waals surface area contributed by atoms with Crippen LogP contribution in [-0.2, 0) is 19.1 Å². The molecule has 3 amide bonds. The number of nitrogens with zero attached hydrogens (tertiary/aromatic N) is 1. The van der Waals surface area contributed by atoms with Crippen molar-refractivity contribution in [3.05, 3.63) is 58.1 Å². The molecule has 2 bridgehead atoms. The Balaban J connectivity index is 1.20. The van der Waals surface area contributed by atoms with E-state index in [1.165, 1.54) is 23.1 Å². The third kappa shape index (κ3) is 3.89. The molecule has 7 nitrogen and oxygen atoms in total. The van der Waals surface area contributed by atoms with E-state index >= 15 is 0 Å². The Morgan fingerprint density at radius 3 is 2.21 bits per heavy atom. The molecule has 3 aliphatic rings. The smallest absolute Gasteiger partial charge is 0.338 e. The van der Waals surface area contributed by atoms with Crippen LogP contribution in [0.3, 0.4) is 0 Å². The van der Waals surface area contributed by atoms with Gasteiger partial charge in [-0.3, -0.25) is 19.3 Å². The molecular weight excluding hydrogens is 467 g/mol. The molecule has 2 aromatic rings. The van der Waals surface area contributed by atoms with Gasteiger partial charge in [-0.25, -0.2) is 4.79 Å². The van der Waals surface area contributed by atoms with Crippen LogP contribution in [0.1, 0.15) is 29.6 Å². The highest BCUT2D eigenvalue weighted by Gasteiger charge is 2.61. The van der Waals surface area contributed by atoms with Crippen molar-refractivity contribution in [2.24, 2.45) is 23.7 Å². The van der Waals surface area contributed by atoms with Gasteiger partial charge in [0.25, 0.3) is 5.91 Å². The Kier molecular flexibility index (Phi) is 5.62. The summed E-state index contributed by atoms with van der Waals surface area (Å²) in [5, 5.41) is 3.24. The lowest BCUT2D eigenvalue weighted by atomic mass is 9.81. The van der Waals surface area contributed by atoms with Crippen LogP contribution in [0.4, 0.5) is 11.4 Å². The van der Waals surface area contributed by atoms with Crippen LogP contribution >= 0.6 is 23.2 Å². The molecule has 2 aliphatic carbocycles. The van der Waals surface area contributed by atoms with Gasteiger partial charge in [-0.1, -0.05) is 23.2 Å². The molecule has 9 heteroatoms. The topological polar surface area (TPSA) is 92.8 Å². The molecular formula is C24H20Cl2N2O5. The molecule has 0 unspecified atom stereocenters. The molecule has 0 spiro atoms. The molecule has 4 atom stereocenters. The molecule has 1 aliphatic heterocycles. The van der Waals surface area contributed by atoms with E-state index in [0.29, 0.717) is 28.2 Å². The van der Waals surface area contributed by atoms with E-state index in [1.807, 2.05) is 0 Å². The summed E-state index contributed by atoms with van der Waals surface area (Å²) in [6.45, 7) is -0.505. The van der Waals surface area contributed by atoms with Crippen LogP contribution in [0.15, 0.2) is 42.5 Å². The average molecular weight is 487 g/mol. The molecule has 1 saturated heterocycles. The first kappa shape index (κ1) is 21.9. The Morgan fingerprint density at radius 1 is 0.970 bits per heavy atom. The summed E-state index contributed by atoms with van der Waals surface area (Å²) in [6, 6.07) is 10.7. The van der Waals surface area contributed by atoms with Gasteiger partial charge in [-0.2, -0.15) is 0 Å². The third-order valence-electron chi connectivity index (χ3n) is 6.83. The number of nitrogens with one attached hydrogen (secondary N) is 1. The summed E-state index contributed by atoms with van der Waals surface area (Å²) in [4.78, 5) is 51.5. The van der Waals surface area contributed by atoms with Crippen LogP contribution in [0.25, 0.3) is 0 Å². The van der Waals surface area contributed by atoms with Crippen molar-refractivity contribution >= 4 is 58.3 Å². The van der Waals surface area contributed by atoms with Crippen molar-refractivity contribution in [2.75, 3.05) is 16.8 Å². The van der Waals surface area contributed by atoms with Crippen molar-refractivity contribution in [1.29, 1.82) is 0 Å². The molecule has 0 radical (unpaired) electrons. The molecule has 5 rings (SSSR count). The zero-order chi connectivity index (χ0) is 23.3. The van der Waals surface area contributed by atoms with Crippen molar-refractivity contribution in [3.63, 3.8) is 0 Å². The Hall–Kier alpha value is -2.90. The zero-order valence-corrected chi connectivity index (χ0v) is 18.9. The van der Waals surface area contributed by atoms with Gasteiger partial charge in [0.2, 0.25) is 11.8 Å². The lowest BCUT2D eigenvalue weighted by Crippen LogP contribution is -2.32. The number of ether oxygens (including phenoxy) is 1. The summed E-state index contributed by atoms with van der Waals surface area (Å²) in [7, 11) is 0. The van der Waals surface area contributed by atoms with E-state index in [0.717, 1.165) is 19.3 Å².